The van der Waals surface area contributed by atoms with Crippen LogP contribution in [0.3, 0.4) is 0 Å². The summed E-state index contributed by atoms with van der Waals surface area (Å²) >= 11 is 0. The number of benzene rings is 1. The van der Waals surface area contributed by atoms with Gasteiger partial charge in [0.2, 0.25) is 0 Å². The maximum atomic E-state index is 14.5. The summed E-state index contributed by atoms with van der Waals surface area (Å²) in [6.45, 7) is 1.77. The predicted molar refractivity (Wildman–Crippen MR) is 116 cm³/mol. The van der Waals surface area contributed by atoms with Crippen molar-refractivity contribution >= 4 is 16.0 Å². The Labute approximate surface area is 190 Å². The number of nitrogens with one attached hydrogen (secondary N) is 1. The van der Waals surface area contributed by atoms with Gasteiger partial charge in [0, 0.05) is 32.4 Å². The van der Waals surface area contributed by atoms with Gasteiger partial charge >= 0.3 is 0 Å². The van der Waals surface area contributed by atoms with E-state index in [1.165, 1.54) is 32.3 Å². The minimum atomic E-state index is -3.80. The van der Waals surface area contributed by atoms with Gasteiger partial charge in [0.1, 0.15) is 23.6 Å². The maximum absolute atomic E-state index is 14.5. The second-order valence-corrected chi connectivity index (χ2v) is 10.2. The molecule has 0 radical (unpaired) electrons. The van der Waals surface area contributed by atoms with E-state index in [9.17, 15) is 21.6 Å². The topological polar surface area (TPSA) is 87.1 Å². The Balaban J connectivity index is 1.53. The number of aryl methyl sites for hydroxylation is 1. The van der Waals surface area contributed by atoms with Crippen molar-refractivity contribution in [3.05, 3.63) is 53.4 Å². The van der Waals surface area contributed by atoms with Crippen LogP contribution in [0.15, 0.2) is 35.6 Å². The van der Waals surface area contributed by atoms with Gasteiger partial charge in [-0.25, -0.2) is 13.2 Å². The number of amidine groups is 1. The van der Waals surface area contributed by atoms with Crippen LogP contribution in [0, 0.1) is 18.6 Å². The van der Waals surface area contributed by atoms with Crippen LogP contribution < -0.4 is 4.72 Å². The standard InChI is InChI=1S/C21H24F3N5O3S/c1-12-7-13(20-14(22)5-4-6-15(20)23)21(25-9-12)18-8-19(26-32-18)29-10-16(24)17(11-29)27-33(30,31)28(2)3/h4-7,9,16-18,27H,8,10-11H2,1-3H3/t16-,17-,18+/m1/s1. The van der Waals surface area contributed by atoms with E-state index in [1.807, 2.05) is 0 Å². The first kappa shape index (κ1) is 23.5. The maximum Gasteiger partial charge on any atom is 0.279 e. The number of hydrogen-bond donors (Lipinski definition) is 1. The van der Waals surface area contributed by atoms with Gasteiger partial charge in [0.05, 0.1) is 30.3 Å². The molecular formula is C21H24F3N5O3S. The normalized spacial score (nSPS) is 23.2. The summed E-state index contributed by atoms with van der Waals surface area (Å²) < 4.78 is 70.9. The minimum Gasteiger partial charge on any atom is -0.384 e. The molecule has 2 aromatic rings. The van der Waals surface area contributed by atoms with Crippen LogP contribution in [0.2, 0.25) is 0 Å². The Morgan fingerprint density at radius 3 is 2.58 bits per heavy atom. The summed E-state index contributed by atoms with van der Waals surface area (Å²) in [5, 5.41) is 4.04. The lowest BCUT2D eigenvalue weighted by Gasteiger charge is -2.19. The monoisotopic (exact) mass is 483 g/mol. The molecule has 0 spiro atoms. The zero-order valence-corrected chi connectivity index (χ0v) is 19.1. The van der Waals surface area contributed by atoms with Gasteiger partial charge in [-0.05, 0) is 30.7 Å². The van der Waals surface area contributed by atoms with E-state index in [0.29, 0.717) is 17.1 Å². The van der Waals surface area contributed by atoms with E-state index >= 15 is 0 Å². The SMILES string of the molecule is Cc1cnc([C@@H]2CC(N3C[C@@H](F)[C@H](NS(=O)(=O)N(C)C)C3)=NO2)c(-c2c(F)cccc2F)c1. The molecule has 0 amide bonds. The van der Waals surface area contributed by atoms with Crippen molar-refractivity contribution in [2.45, 2.75) is 31.7 Å². The van der Waals surface area contributed by atoms with Gasteiger partial charge in [-0.3, -0.25) is 4.98 Å². The fourth-order valence-electron chi connectivity index (χ4n) is 3.87. The molecule has 0 aliphatic carbocycles. The molecule has 1 aromatic heterocycles. The second kappa shape index (κ2) is 8.92. The number of aromatic nitrogens is 1. The van der Waals surface area contributed by atoms with Gasteiger partial charge in [0.15, 0.2) is 6.10 Å². The fourth-order valence-corrected chi connectivity index (χ4v) is 4.69. The molecule has 0 bridgehead atoms. The molecule has 0 unspecified atom stereocenters. The van der Waals surface area contributed by atoms with Crippen LogP contribution in [0.4, 0.5) is 13.2 Å². The summed E-state index contributed by atoms with van der Waals surface area (Å²) in [6, 6.07) is 4.31. The van der Waals surface area contributed by atoms with E-state index in [0.717, 1.165) is 4.31 Å². The lowest BCUT2D eigenvalue weighted by molar-refractivity contribution is 0.0828. The molecule has 1 N–H and O–H groups in total. The van der Waals surface area contributed by atoms with Gasteiger partial charge in [-0.2, -0.15) is 17.4 Å². The molecule has 0 saturated carbocycles. The Bertz CT molecular complexity index is 1170. The van der Waals surface area contributed by atoms with E-state index < -0.39 is 40.2 Å². The molecule has 33 heavy (non-hydrogen) atoms. The first-order valence-corrected chi connectivity index (χ1v) is 11.7. The molecule has 12 heteroatoms. The Morgan fingerprint density at radius 1 is 1.21 bits per heavy atom. The highest BCUT2D eigenvalue weighted by molar-refractivity contribution is 7.87. The van der Waals surface area contributed by atoms with Crippen molar-refractivity contribution in [1.82, 2.24) is 18.9 Å². The molecule has 8 nitrogen and oxygen atoms in total. The highest BCUT2D eigenvalue weighted by atomic mass is 32.2. The number of rotatable bonds is 5. The van der Waals surface area contributed by atoms with Crippen molar-refractivity contribution < 1.29 is 26.4 Å². The highest BCUT2D eigenvalue weighted by Gasteiger charge is 2.40. The van der Waals surface area contributed by atoms with E-state index in [-0.39, 0.29) is 30.6 Å². The molecule has 3 heterocycles. The van der Waals surface area contributed by atoms with Gasteiger partial charge in [0.25, 0.3) is 10.2 Å². The number of hydrogen-bond acceptors (Lipinski definition) is 6. The smallest absolute Gasteiger partial charge is 0.279 e. The van der Waals surface area contributed by atoms with Crippen molar-refractivity contribution in [3.8, 4) is 11.1 Å². The first-order valence-electron chi connectivity index (χ1n) is 10.3. The molecule has 1 fully saturated rings. The zero-order valence-electron chi connectivity index (χ0n) is 18.3. The first-order chi connectivity index (χ1) is 15.6. The molecule has 1 saturated heterocycles. The predicted octanol–water partition coefficient (Wildman–Crippen LogP) is 2.53. The number of oxime groups is 1. The summed E-state index contributed by atoms with van der Waals surface area (Å²) in [5.41, 5.74) is 1.08. The third kappa shape index (κ3) is 4.68. The Kier molecular flexibility index (Phi) is 6.34. The summed E-state index contributed by atoms with van der Waals surface area (Å²) in [4.78, 5) is 11.5. The summed E-state index contributed by atoms with van der Waals surface area (Å²) in [5.74, 6) is -1.03. The average molecular weight is 484 g/mol. The van der Waals surface area contributed by atoms with Crippen LogP contribution in [0.25, 0.3) is 11.1 Å². The van der Waals surface area contributed by atoms with Crippen molar-refractivity contribution in [1.29, 1.82) is 0 Å². The largest absolute Gasteiger partial charge is 0.384 e. The second-order valence-electron chi connectivity index (χ2n) is 8.28. The van der Waals surface area contributed by atoms with Crippen molar-refractivity contribution in [2.24, 2.45) is 5.16 Å². The van der Waals surface area contributed by atoms with E-state index in [2.05, 4.69) is 14.9 Å². The number of likely N-dealkylation sites (tertiary alicyclic amines) is 1. The van der Waals surface area contributed by atoms with Crippen LogP contribution >= 0.6 is 0 Å². The zero-order chi connectivity index (χ0) is 23.9. The molecule has 1 aromatic carbocycles. The number of nitrogens with zero attached hydrogens (tertiary/aromatic N) is 4. The van der Waals surface area contributed by atoms with Crippen molar-refractivity contribution in [2.75, 3.05) is 27.2 Å². The summed E-state index contributed by atoms with van der Waals surface area (Å²) in [7, 11) is -1.09. The molecular weight excluding hydrogens is 459 g/mol. The van der Waals surface area contributed by atoms with Gasteiger partial charge < -0.3 is 9.74 Å². The average Bonchev–Trinajstić information content (AvgIpc) is 3.35. The molecule has 178 valence electrons. The van der Waals surface area contributed by atoms with Gasteiger partial charge in [-0.1, -0.05) is 11.2 Å². The minimum absolute atomic E-state index is 0.0638. The third-order valence-corrected chi connectivity index (χ3v) is 7.20. The highest BCUT2D eigenvalue weighted by Crippen LogP contribution is 2.37. The number of pyridine rings is 1. The molecule has 4 rings (SSSR count). The van der Waals surface area contributed by atoms with Crippen LogP contribution in [-0.4, -0.2) is 67.8 Å². The van der Waals surface area contributed by atoms with Crippen LogP contribution in [-0.2, 0) is 15.0 Å². The van der Waals surface area contributed by atoms with E-state index in [4.69, 9.17) is 4.84 Å². The van der Waals surface area contributed by atoms with Crippen molar-refractivity contribution in [3.63, 3.8) is 0 Å². The van der Waals surface area contributed by atoms with Gasteiger partial charge in [-0.15, -0.1) is 0 Å². The Morgan fingerprint density at radius 2 is 1.91 bits per heavy atom. The molecule has 2 aliphatic rings. The van der Waals surface area contributed by atoms with E-state index in [1.54, 1.807) is 24.1 Å². The Hall–Kier alpha value is -2.70. The number of alkyl halides is 1. The lowest BCUT2D eigenvalue weighted by atomic mass is 9.97. The molecule has 3 atom stereocenters. The fraction of sp³-hybridized carbons (Fsp3) is 0.429. The summed E-state index contributed by atoms with van der Waals surface area (Å²) in [6.07, 6.45) is -0.413. The van der Waals surface area contributed by atoms with Crippen LogP contribution in [0.5, 0.6) is 0 Å². The van der Waals surface area contributed by atoms with Crippen LogP contribution in [0.1, 0.15) is 23.8 Å². The third-order valence-electron chi connectivity index (χ3n) is 5.64. The lowest BCUT2D eigenvalue weighted by Crippen LogP contribution is -2.46. The quantitative estimate of drug-likeness (QED) is 0.706. The number of halogens is 3. The molecule has 2 aliphatic heterocycles.